The number of nitrogens with zero attached hydrogens (tertiary/aromatic N) is 1. The number of fused-ring (bicyclic) bond motifs is 1. The molecule has 1 aromatic heterocycles. The van der Waals surface area contributed by atoms with Gasteiger partial charge in [-0.05, 0) is 48.5 Å². The molecule has 2 nitrogen and oxygen atoms in total. The lowest BCUT2D eigenvalue weighted by atomic mass is 10.1. The minimum atomic E-state index is 0.635. The van der Waals surface area contributed by atoms with E-state index in [-0.39, 0.29) is 0 Å². The molecule has 0 bridgehead atoms. The van der Waals surface area contributed by atoms with Crippen LogP contribution < -0.4 is 0 Å². The molecule has 21 heavy (non-hydrogen) atoms. The van der Waals surface area contributed by atoms with Crippen LogP contribution in [0.15, 0.2) is 36.4 Å². The van der Waals surface area contributed by atoms with Gasteiger partial charge in [0.2, 0.25) is 0 Å². The zero-order valence-electron chi connectivity index (χ0n) is 10.9. The molecular weight excluding hydrogens is 347 g/mol. The molecule has 3 rings (SSSR count). The summed E-state index contributed by atoms with van der Waals surface area (Å²) in [5.41, 5.74) is 2.90. The fourth-order valence-electron chi connectivity index (χ4n) is 2.34. The lowest BCUT2D eigenvalue weighted by molar-refractivity contribution is 0.707. The van der Waals surface area contributed by atoms with Gasteiger partial charge in [-0.2, -0.15) is 0 Å². The highest BCUT2D eigenvalue weighted by Gasteiger charge is 2.09. The van der Waals surface area contributed by atoms with Crippen LogP contribution in [0, 0.1) is 4.77 Å². The van der Waals surface area contributed by atoms with Gasteiger partial charge in [0.25, 0.3) is 0 Å². The summed E-state index contributed by atoms with van der Waals surface area (Å²) in [6.07, 6.45) is 0.752. The first-order chi connectivity index (χ1) is 10.1. The molecule has 0 aliphatic carbocycles. The Morgan fingerprint density at radius 2 is 1.86 bits per heavy atom. The average Bonchev–Trinajstić information content (AvgIpc) is 2.75. The van der Waals surface area contributed by atoms with Crippen LogP contribution in [0.1, 0.15) is 5.56 Å². The number of aromatic nitrogens is 2. The first-order valence-electron chi connectivity index (χ1n) is 6.37. The summed E-state index contributed by atoms with van der Waals surface area (Å²) < 4.78 is 2.65. The van der Waals surface area contributed by atoms with Gasteiger partial charge in [0.15, 0.2) is 4.77 Å². The summed E-state index contributed by atoms with van der Waals surface area (Å²) in [6, 6.07) is 11.2. The van der Waals surface area contributed by atoms with Gasteiger partial charge in [-0.25, -0.2) is 0 Å². The molecule has 0 radical (unpaired) electrons. The van der Waals surface area contributed by atoms with E-state index in [2.05, 4.69) is 4.98 Å². The topological polar surface area (TPSA) is 20.7 Å². The zero-order chi connectivity index (χ0) is 15.0. The van der Waals surface area contributed by atoms with Crippen molar-refractivity contribution in [1.29, 1.82) is 0 Å². The van der Waals surface area contributed by atoms with Crippen molar-refractivity contribution in [3.8, 4) is 0 Å². The molecule has 0 amide bonds. The Hall–Kier alpha value is -1.000. The standard InChI is InChI=1S/C15H11Cl3N2S/c16-10-5-4-9(12(18)8-10)6-7-20-14-11(17)2-1-3-13(14)19-15(20)21/h1-5,8H,6-7H2,(H,19,21). The SMILES string of the molecule is S=c1[nH]c2cccc(Cl)c2n1CCc1ccc(Cl)cc1Cl. The number of hydrogen-bond acceptors (Lipinski definition) is 1. The molecule has 0 saturated heterocycles. The number of para-hydroxylation sites is 1. The maximum atomic E-state index is 6.28. The molecule has 1 N–H and O–H groups in total. The average molecular weight is 358 g/mol. The molecule has 6 heteroatoms. The smallest absolute Gasteiger partial charge is 0.178 e. The van der Waals surface area contributed by atoms with E-state index in [1.165, 1.54) is 0 Å². The van der Waals surface area contributed by atoms with E-state index in [1.807, 2.05) is 34.9 Å². The monoisotopic (exact) mass is 356 g/mol. The second-order valence-corrected chi connectivity index (χ2v) is 6.34. The number of aryl methyl sites for hydroxylation is 2. The Bertz CT molecular complexity index is 867. The van der Waals surface area contributed by atoms with E-state index < -0.39 is 0 Å². The first-order valence-corrected chi connectivity index (χ1v) is 7.91. The molecule has 1 heterocycles. The predicted molar refractivity (Wildman–Crippen MR) is 92.3 cm³/mol. The Kier molecular flexibility index (Phi) is 4.27. The van der Waals surface area contributed by atoms with Gasteiger partial charge in [-0.1, -0.05) is 46.9 Å². The number of hydrogen-bond donors (Lipinski definition) is 1. The van der Waals surface area contributed by atoms with Crippen LogP contribution in [0.25, 0.3) is 11.0 Å². The number of benzene rings is 2. The number of halogens is 3. The summed E-state index contributed by atoms with van der Waals surface area (Å²) in [7, 11) is 0. The number of imidazole rings is 1. The third-order valence-corrected chi connectivity index (χ3v) is 4.58. The van der Waals surface area contributed by atoms with Crippen molar-refractivity contribution in [3.05, 3.63) is 61.8 Å². The van der Waals surface area contributed by atoms with Gasteiger partial charge in [-0.3, -0.25) is 0 Å². The molecule has 0 atom stereocenters. The first kappa shape index (κ1) is 14.9. The highest BCUT2D eigenvalue weighted by atomic mass is 35.5. The van der Waals surface area contributed by atoms with Crippen LogP contribution in [-0.2, 0) is 13.0 Å². The third-order valence-electron chi connectivity index (χ3n) is 3.36. The summed E-state index contributed by atoms with van der Waals surface area (Å²) >= 11 is 23.8. The van der Waals surface area contributed by atoms with Crippen LogP contribution in [0.5, 0.6) is 0 Å². The van der Waals surface area contributed by atoms with Crippen molar-refractivity contribution in [2.45, 2.75) is 13.0 Å². The van der Waals surface area contributed by atoms with Crippen molar-refractivity contribution in [1.82, 2.24) is 9.55 Å². The molecule has 0 unspecified atom stereocenters. The zero-order valence-corrected chi connectivity index (χ0v) is 14.0. The summed E-state index contributed by atoms with van der Waals surface area (Å²) in [4.78, 5) is 3.17. The number of H-pyrrole nitrogens is 1. The molecule has 2 aromatic carbocycles. The van der Waals surface area contributed by atoms with E-state index in [1.54, 1.807) is 6.07 Å². The number of rotatable bonds is 3. The quantitative estimate of drug-likeness (QED) is 0.579. The van der Waals surface area contributed by atoms with Crippen LogP contribution in [0.2, 0.25) is 15.1 Å². The van der Waals surface area contributed by atoms with E-state index >= 15 is 0 Å². The van der Waals surface area contributed by atoms with Gasteiger partial charge in [0.1, 0.15) is 0 Å². The van der Waals surface area contributed by atoms with Crippen LogP contribution >= 0.6 is 47.0 Å². The molecule has 0 aliphatic heterocycles. The van der Waals surface area contributed by atoms with Crippen LogP contribution in [0.3, 0.4) is 0 Å². The molecule has 0 saturated carbocycles. The minimum absolute atomic E-state index is 0.635. The molecule has 108 valence electrons. The fraction of sp³-hybridized carbons (Fsp3) is 0.133. The molecular formula is C15H11Cl3N2S. The van der Waals surface area contributed by atoms with Crippen LogP contribution in [0.4, 0.5) is 0 Å². The Morgan fingerprint density at radius 3 is 2.62 bits per heavy atom. The van der Waals surface area contributed by atoms with Crippen molar-refractivity contribution < 1.29 is 0 Å². The van der Waals surface area contributed by atoms with Crippen molar-refractivity contribution in [2.24, 2.45) is 0 Å². The van der Waals surface area contributed by atoms with Gasteiger partial charge >= 0.3 is 0 Å². The Labute approximate surface area is 142 Å². The van der Waals surface area contributed by atoms with E-state index in [0.717, 1.165) is 23.0 Å². The predicted octanol–water partition coefficient (Wildman–Crippen LogP) is 5.90. The Balaban J connectivity index is 1.95. The van der Waals surface area contributed by atoms with Crippen molar-refractivity contribution in [2.75, 3.05) is 0 Å². The lowest BCUT2D eigenvalue weighted by Crippen LogP contribution is -2.02. The number of nitrogens with one attached hydrogen (secondary N) is 1. The van der Waals surface area contributed by atoms with Gasteiger partial charge in [0, 0.05) is 16.6 Å². The largest absolute Gasteiger partial charge is 0.331 e. The van der Waals surface area contributed by atoms with Crippen molar-refractivity contribution in [3.63, 3.8) is 0 Å². The Morgan fingerprint density at radius 1 is 1.05 bits per heavy atom. The minimum Gasteiger partial charge on any atom is -0.331 e. The maximum absolute atomic E-state index is 6.28. The molecule has 0 fully saturated rings. The van der Waals surface area contributed by atoms with E-state index in [9.17, 15) is 0 Å². The van der Waals surface area contributed by atoms with E-state index in [4.69, 9.17) is 47.0 Å². The number of aromatic amines is 1. The second-order valence-electron chi connectivity index (χ2n) is 4.70. The second kappa shape index (κ2) is 6.01. The third kappa shape index (κ3) is 2.97. The van der Waals surface area contributed by atoms with Crippen LogP contribution in [-0.4, -0.2) is 9.55 Å². The molecule has 3 aromatic rings. The highest BCUT2D eigenvalue weighted by Crippen LogP contribution is 2.25. The highest BCUT2D eigenvalue weighted by molar-refractivity contribution is 7.71. The summed E-state index contributed by atoms with van der Waals surface area (Å²) in [5.74, 6) is 0. The van der Waals surface area contributed by atoms with Gasteiger partial charge in [-0.15, -0.1) is 0 Å². The molecule has 0 spiro atoms. The van der Waals surface area contributed by atoms with Gasteiger partial charge < -0.3 is 9.55 Å². The lowest BCUT2D eigenvalue weighted by Gasteiger charge is -2.08. The maximum Gasteiger partial charge on any atom is 0.178 e. The normalized spacial score (nSPS) is 11.2. The fourth-order valence-corrected chi connectivity index (χ4v) is 3.42. The molecule has 0 aliphatic rings. The van der Waals surface area contributed by atoms with Gasteiger partial charge in [0.05, 0.1) is 16.1 Å². The summed E-state index contributed by atoms with van der Waals surface area (Å²) in [5, 5.41) is 1.98. The van der Waals surface area contributed by atoms with Crippen molar-refractivity contribution >= 4 is 58.1 Å². The summed E-state index contributed by atoms with van der Waals surface area (Å²) in [6.45, 7) is 0.698. The van der Waals surface area contributed by atoms with E-state index in [0.29, 0.717) is 26.4 Å².